The van der Waals surface area contributed by atoms with E-state index in [9.17, 15) is 0 Å². The fourth-order valence-electron chi connectivity index (χ4n) is 1.16. The van der Waals surface area contributed by atoms with Crippen molar-refractivity contribution in [2.75, 3.05) is 13.7 Å². The van der Waals surface area contributed by atoms with Crippen molar-refractivity contribution in [1.82, 2.24) is 0 Å². The largest absolute Gasteiger partial charge is 0.497 e. The van der Waals surface area contributed by atoms with Crippen LogP contribution in [0, 0.1) is 0 Å². The number of nitrogens with two attached hydrogens (primary N) is 1. The second kappa shape index (κ2) is 4.67. The first-order valence-corrected chi connectivity index (χ1v) is 4.29. The first-order valence-electron chi connectivity index (χ1n) is 4.29. The van der Waals surface area contributed by atoms with Gasteiger partial charge in [-0.3, -0.25) is 0 Å². The molecule has 13 heavy (non-hydrogen) atoms. The van der Waals surface area contributed by atoms with E-state index >= 15 is 0 Å². The molecule has 0 aliphatic rings. The molecule has 1 aromatic carbocycles. The zero-order valence-corrected chi connectivity index (χ0v) is 8.08. The Morgan fingerprint density at radius 2 is 2.31 bits per heavy atom. The van der Waals surface area contributed by atoms with Crippen LogP contribution in [-0.4, -0.2) is 13.7 Å². The van der Waals surface area contributed by atoms with E-state index in [1.165, 1.54) is 5.57 Å². The van der Waals surface area contributed by atoms with Crippen molar-refractivity contribution in [3.8, 4) is 5.75 Å². The number of benzene rings is 1. The predicted octanol–water partition coefficient (Wildman–Crippen LogP) is 2.06. The molecule has 1 aromatic rings. The summed E-state index contributed by atoms with van der Waals surface area (Å²) in [5.41, 5.74) is 7.77. The standard InChI is InChI=1S/C11H15NO/c1-9(6-7-12)10-4-3-5-11(8-10)13-2/h3-6,8H,7,12H2,1-2H3. The molecular weight excluding hydrogens is 162 g/mol. The van der Waals surface area contributed by atoms with Gasteiger partial charge in [0.05, 0.1) is 7.11 Å². The molecule has 2 nitrogen and oxygen atoms in total. The van der Waals surface area contributed by atoms with Crippen LogP contribution in [0.2, 0.25) is 0 Å². The summed E-state index contributed by atoms with van der Waals surface area (Å²) in [5.74, 6) is 0.877. The Balaban J connectivity index is 2.94. The van der Waals surface area contributed by atoms with Crippen LogP contribution in [0.4, 0.5) is 0 Å². The van der Waals surface area contributed by atoms with Gasteiger partial charge >= 0.3 is 0 Å². The highest BCUT2D eigenvalue weighted by atomic mass is 16.5. The molecule has 0 spiro atoms. The van der Waals surface area contributed by atoms with Gasteiger partial charge in [-0.2, -0.15) is 0 Å². The van der Waals surface area contributed by atoms with E-state index in [0.29, 0.717) is 6.54 Å². The molecule has 70 valence electrons. The van der Waals surface area contributed by atoms with E-state index in [1.54, 1.807) is 7.11 Å². The van der Waals surface area contributed by atoms with Crippen LogP contribution < -0.4 is 10.5 Å². The molecular formula is C11H15NO. The third kappa shape index (κ3) is 2.60. The molecule has 0 unspecified atom stereocenters. The van der Waals surface area contributed by atoms with E-state index < -0.39 is 0 Å². The van der Waals surface area contributed by atoms with Crippen molar-refractivity contribution in [3.63, 3.8) is 0 Å². The minimum Gasteiger partial charge on any atom is -0.497 e. The lowest BCUT2D eigenvalue weighted by molar-refractivity contribution is 0.414. The van der Waals surface area contributed by atoms with Crippen molar-refractivity contribution in [2.45, 2.75) is 6.92 Å². The topological polar surface area (TPSA) is 35.2 Å². The van der Waals surface area contributed by atoms with Gasteiger partial charge in [0.2, 0.25) is 0 Å². The summed E-state index contributed by atoms with van der Waals surface area (Å²) >= 11 is 0. The third-order valence-corrected chi connectivity index (χ3v) is 1.95. The second-order valence-electron chi connectivity index (χ2n) is 2.85. The zero-order valence-electron chi connectivity index (χ0n) is 8.08. The Morgan fingerprint density at radius 1 is 1.54 bits per heavy atom. The lowest BCUT2D eigenvalue weighted by Gasteiger charge is -2.04. The Hall–Kier alpha value is -1.28. The molecule has 0 heterocycles. The minimum atomic E-state index is 0.572. The van der Waals surface area contributed by atoms with Crippen LogP contribution in [0.1, 0.15) is 12.5 Å². The number of hydrogen-bond acceptors (Lipinski definition) is 2. The van der Waals surface area contributed by atoms with Gasteiger partial charge in [-0.15, -0.1) is 0 Å². The van der Waals surface area contributed by atoms with E-state index in [2.05, 4.69) is 0 Å². The Kier molecular flexibility index (Phi) is 3.53. The highest BCUT2D eigenvalue weighted by Crippen LogP contribution is 2.18. The normalized spacial score (nSPS) is 11.5. The molecule has 0 aromatic heterocycles. The van der Waals surface area contributed by atoms with E-state index in [0.717, 1.165) is 11.3 Å². The SMILES string of the molecule is COc1cccc(C(C)=CCN)c1. The van der Waals surface area contributed by atoms with Crippen LogP contribution >= 0.6 is 0 Å². The number of rotatable bonds is 3. The van der Waals surface area contributed by atoms with Crippen molar-refractivity contribution in [2.24, 2.45) is 5.73 Å². The van der Waals surface area contributed by atoms with Gasteiger partial charge in [0.1, 0.15) is 5.75 Å². The summed E-state index contributed by atoms with van der Waals surface area (Å²) in [6, 6.07) is 7.95. The first kappa shape index (κ1) is 9.81. The lowest BCUT2D eigenvalue weighted by atomic mass is 10.1. The fraction of sp³-hybridized carbons (Fsp3) is 0.273. The molecule has 2 N–H and O–H groups in total. The molecule has 0 bridgehead atoms. The average Bonchev–Trinajstić information content (AvgIpc) is 2.18. The predicted molar refractivity (Wildman–Crippen MR) is 55.7 cm³/mol. The zero-order chi connectivity index (χ0) is 9.68. The van der Waals surface area contributed by atoms with Gasteiger partial charge < -0.3 is 10.5 Å². The quantitative estimate of drug-likeness (QED) is 0.767. The van der Waals surface area contributed by atoms with Gasteiger partial charge in [-0.25, -0.2) is 0 Å². The second-order valence-corrected chi connectivity index (χ2v) is 2.85. The Labute approximate surface area is 79.0 Å². The molecule has 0 radical (unpaired) electrons. The van der Waals surface area contributed by atoms with Crippen molar-refractivity contribution in [1.29, 1.82) is 0 Å². The number of ether oxygens (including phenoxy) is 1. The third-order valence-electron chi connectivity index (χ3n) is 1.95. The molecule has 2 heteroatoms. The molecule has 0 saturated carbocycles. The van der Waals surface area contributed by atoms with Crippen LogP contribution in [-0.2, 0) is 0 Å². The molecule has 0 fully saturated rings. The van der Waals surface area contributed by atoms with Gasteiger partial charge in [-0.1, -0.05) is 18.2 Å². The van der Waals surface area contributed by atoms with E-state index in [-0.39, 0.29) is 0 Å². The van der Waals surface area contributed by atoms with Gasteiger partial charge in [-0.05, 0) is 30.2 Å². The maximum absolute atomic E-state index is 5.43. The molecule has 0 aliphatic carbocycles. The van der Waals surface area contributed by atoms with Crippen molar-refractivity contribution < 1.29 is 4.74 Å². The van der Waals surface area contributed by atoms with Crippen molar-refractivity contribution in [3.05, 3.63) is 35.9 Å². The lowest BCUT2D eigenvalue weighted by Crippen LogP contribution is -1.94. The minimum absolute atomic E-state index is 0.572. The summed E-state index contributed by atoms with van der Waals surface area (Å²) in [6.07, 6.45) is 1.99. The van der Waals surface area contributed by atoms with Crippen molar-refractivity contribution >= 4 is 5.57 Å². The summed E-state index contributed by atoms with van der Waals surface area (Å²) < 4.78 is 5.12. The Bertz CT molecular complexity index is 305. The van der Waals surface area contributed by atoms with Crippen LogP contribution in [0.25, 0.3) is 5.57 Å². The number of hydrogen-bond donors (Lipinski definition) is 1. The molecule has 1 rings (SSSR count). The Morgan fingerprint density at radius 3 is 2.92 bits per heavy atom. The van der Waals surface area contributed by atoms with Gasteiger partial charge in [0.25, 0.3) is 0 Å². The molecule has 0 amide bonds. The smallest absolute Gasteiger partial charge is 0.119 e. The van der Waals surface area contributed by atoms with E-state index in [4.69, 9.17) is 10.5 Å². The first-order chi connectivity index (χ1) is 6.27. The summed E-state index contributed by atoms with van der Waals surface area (Å²) in [4.78, 5) is 0. The fourth-order valence-corrected chi connectivity index (χ4v) is 1.16. The maximum Gasteiger partial charge on any atom is 0.119 e. The summed E-state index contributed by atoms with van der Waals surface area (Å²) in [6.45, 7) is 2.62. The van der Waals surface area contributed by atoms with Gasteiger partial charge in [0, 0.05) is 6.54 Å². The highest BCUT2D eigenvalue weighted by molar-refractivity contribution is 5.64. The number of allylic oxidation sites excluding steroid dienone is 1. The van der Waals surface area contributed by atoms with Gasteiger partial charge in [0.15, 0.2) is 0 Å². The number of methoxy groups -OCH3 is 1. The van der Waals surface area contributed by atoms with Crippen LogP contribution in [0.3, 0.4) is 0 Å². The average molecular weight is 177 g/mol. The van der Waals surface area contributed by atoms with Crippen LogP contribution in [0.15, 0.2) is 30.3 Å². The maximum atomic E-state index is 5.43. The summed E-state index contributed by atoms with van der Waals surface area (Å²) in [7, 11) is 1.67. The molecule has 0 aliphatic heterocycles. The summed E-state index contributed by atoms with van der Waals surface area (Å²) in [5, 5.41) is 0. The monoisotopic (exact) mass is 177 g/mol. The molecule has 0 saturated heterocycles. The molecule has 0 atom stereocenters. The van der Waals surface area contributed by atoms with Crippen LogP contribution in [0.5, 0.6) is 5.75 Å². The van der Waals surface area contributed by atoms with E-state index in [1.807, 2.05) is 37.3 Å². The highest BCUT2D eigenvalue weighted by Gasteiger charge is 1.96.